The van der Waals surface area contributed by atoms with E-state index in [0.29, 0.717) is 29.4 Å². The van der Waals surface area contributed by atoms with Crippen molar-refractivity contribution in [3.63, 3.8) is 0 Å². The number of ether oxygens (including phenoxy) is 3. The van der Waals surface area contributed by atoms with Crippen molar-refractivity contribution in [2.45, 2.75) is 6.92 Å². The molecule has 0 radical (unpaired) electrons. The van der Waals surface area contributed by atoms with Gasteiger partial charge < -0.3 is 18.6 Å². The summed E-state index contributed by atoms with van der Waals surface area (Å²) >= 11 is 3.36. The summed E-state index contributed by atoms with van der Waals surface area (Å²) in [5.74, 6) is 0.757. The van der Waals surface area contributed by atoms with Gasteiger partial charge >= 0.3 is 5.97 Å². The van der Waals surface area contributed by atoms with Gasteiger partial charge in [0.25, 0.3) is 5.91 Å². The maximum Gasteiger partial charge on any atom is 0.336 e. The van der Waals surface area contributed by atoms with Gasteiger partial charge in [-0.25, -0.2) is 10.2 Å². The van der Waals surface area contributed by atoms with E-state index in [1.165, 1.54) is 24.6 Å². The molecule has 0 unspecified atom stereocenters. The van der Waals surface area contributed by atoms with Crippen LogP contribution in [0.5, 0.6) is 17.2 Å². The number of para-hydroxylation sites is 2. The first-order valence-corrected chi connectivity index (χ1v) is 10.7. The maximum absolute atomic E-state index is 12.1. The van der Waals surface area contributed by atoms with Gasteiger partial charge in [-0.3, -0.25) is 4.79 Å². The van der Waals surface area contributed by atoms with Crippen LogP contribution in [0.3, 0.4) is 0 Å². The largest absolute Gasteiger partial charge is 0.490 e. The highest BCUT2D eigenvalue weighted by Gasteiger charge is 2.09. The summed E-state index contributed by atoms with van der Waals surface area (Å²) in [6.45, 7) is 2.09. The number of nitrogens with zero attached hydrogens (tertiary/aromatic N) is 1. The Morgan fingerprint density at radius 1 is 1.06 bits per heavy atom. The minimum absolute atomic E-state index is 0.251. The first-order valence-electron chi connectivity index (χ1n) is 9.94. The fourth-order valence-corrected chi connectivity index (χ4v) is 2.96. The van der Waals surface area contributed by atoms with Gasteiger partial charge in [-0.05, 0) is 55.5 Å². The van der Waals surface area contributed by atoms with Crippen LogP contribution < -0.4 is 19.6 Å². The van der Waals surface area contributed by atoms with E-state index in [0.717, 1.165) is 4.47 Å². The average Bonchev–Trinajstić information content (AvgIpc) is 3.33. The molecule has 33 heavy (non-hydrogen) atoms. The molecule has 1 N–H and O–H groups in total. The zero-order valence-corrected chi connectivity index (χ0v) is 19.3. The third-order valence-electron chi connectivity index (χ3n) is 4.01. The van der Waals surface area contributed by atoms with Crippen molar-refractivity contribution >= 4 is 40.1 Å². The zero-order valence-electron chi connectivity index (χ0n) is 17.7. The topological polar surface area (TPSA) is 99.4 Å². The van der Waals surface area contributed by atoms with Gasteiger partial charge in [0, 0.05) is 16.1 Å². The second-order valence-corrected chi connectivity index (χ2v) is 7.33. The smallest absolute Gasteiger partial charge is 0.336 e. The number of furan rings is 1. The molecule has 1 heterocycles. The number of carbonyl (C=O) groups is 2. The van der Waals surface area contributed by atoms with E-state index in [9.17, 15) is 9.59 Å². The molecule has 3 aromatic rings. The molecule has 0 spiro atoms. The highest BCUT2D eigenvalue weighted by atomic mass is 79.9. The standard InChI is InChI=1S/C24H21BrN2O6/c1-2-30-21-7-3-4-8-22(21)32-16-23(28)27-26-15-17-14-18(25)9-11-20(17)33-24(29)12-10-19-6-5-13-31-19/h3-15H,2,16H2,1H3,(H,27,28)/b12-10+,26-15-. The number of benzene rings is 2. The van der Waals surface area contributed by atoms with Crippen LogP contribution in [0.1, 0.15) is 18.2 Å². The van der Waals surface area contributed by atoms with Gasteiger partial charge in [0.2, 0.25) is 0 Å². The predicted octanol–water partition coefficient (Wildman–Crippen LogP) is 4.59. The van der Waals surface area contributed by atoms with Crippen LogP contribution in [0.2, 0.25) is 0 Å². The summed E-state index contributed by atoms with van der Waals surface area (Å²) in [6, 6.07) is 15.5. The average molecular weight is 513 g/mol. The number of hydrogen-bond acceptors (Lipinski definition) is 7. The molecule has 8 nitrogen and oxygen atoms in total. The molecule has 0 aliphatic rings. The Balaban J connectivity index is 1.57. The van der Waals surface area contributed by atoms with E-state index in [4.69, 9.17) is 18.6 Å². The predicted molar refractivity (Wildman–Crippen MR) is 126 cm³/mol. The summed E-state index contributed by atoms with van der Waals surface area (Å²) in [6.07, 6.45) is 5.63. The Bertz CT molecular complexity index is 1140. The van der Waals surface area contributed by atoms with E-state index < -0.39 is 11.9 Å². The molecule has 2 aromatic carbocycles. The highest BCUT2D eigenvalue weighted by molar-refractivity contribution is 9.10. The lowest BCUT2D eigenvalue weighted by molar-refractivity contribution is -0.129. The van der Waals surface area contributed by atoms with Crippen molar-refractivity contribution < 1.29 is 28.2 Å². The van der Waals surface area contributed by atoms with Crippen molar-refractivity contribution in [3.05, 3.63) is 82.7 Å². The minimum Gasteiger partial charge on any atom is -0.490 e. The molecule has 0 saturated heterocycles. The Kier molecular flexibility index (Phi) is 8.84. The van der Waals surface area contributed by atoms with Crippen LogP contribution in [-0.4, -0.2) is 31.3 Å². The number of halogens is 1. The Morgan fingerprint density at radius 2 is 1.85 bits per heavy atom. The maximum atomic E-state index is 12.1. The second-order valence-electron chi connectivity index (χ2n) is 6.41. The van der Waals surface area contributed by atoms with E-state index in [1.807, 2.05) is 13.0 Å². The van der Waals surface area contributed by atoms with Gasteiger partial charge in [-0.1, -0.05) is 28.1 Å². The summed E-state index contributed by atoms with van der Waals surface area (Å²) < 4.78 is 22.2. The first-order chi connectivity index (χ1) is 16.0. The molecule has 0 fully saturated rings. The van der Waals surface area contributed by atoms with Crippen molar-refractivity contribution in [1.29, 1.82) is 0 Å². The second kappa shape index (κ2) is 12.3. The van der Waals surface area contributed by atoms with Gasteiger partial charge in [0.05, 0.1) is 19.1 Å². The Labute approximate surface area is 199 Å². The fourth-order valence-electron chi connectivity index (χ4n) is 2.59. The number of amides is 1. The monoisotopic (exact) mass is 512 g/mol. The van der Waals surface area contributed by atoms with Crippen LogP contribution in [0, 0.1) is 0 Å². The number of esters is 1. The molecule has 0 bridgehead atoms. The third-order valence-corrected chi connectivity index (χ3v) is 4.50. The van der Waals surface area contributed by atoms with Crippen molar-refractivity contribution in [2.24, 2.45) is 5.10 Å². The minimum atomic E-state index is -0.589. The highest BCUT2D eigenvalue weighted by Crippen LogP contribution is 2.26. The molecular formula is C24H21BrN2O6. The molecule has 0 saturated carbocycles. The SMILES string of the molecule is CCOc1ccccc1OCC(=O)N/N=C\c1cc(Br)ccc1OC(=O)/C=C/c1ccco1. The lowest BCUT2D eigenvalue weighted by Gasteiger charge is -2.10. The molecule has 0 aliphatic carbocycles. The quantitative estimate of drug-likeness (QED) is 0.140. The van der Waals surface area contributed by atoms with Crippen molar-refractivity contribution in [3.8, 4) is 17.2 Å². The Hall–Kier alpha value is -3.85. The molecule has 9 heteroatoms. The lowest BCUT2D eigenvalue weighted by atomic mass is 10.2. The summed E-state index contributed by atoms with van der Waals surface area (Å²) in [5, 5.41) is 3.93. The zero-order chi connectivity index (χ0) is 23.5. The molecule has 1 aromatic heterocycles. The fraction of sp³-hybridized carbons (Fsp3) is 0.125. The summed E-state index contributed by atoms with van der Waals surface area (Å²) in [4.78, 5) is 24.2. The number of rotatable bonds is 10. The van der Waals surface area contributed by atoms with E-state index in [-0.39, 0.29) is 12.4 Å². The molecule has 0 aliphatic heterocycles. The molecule has 170 valence electrons. The van der Waals surface area contributed by atoms with E-state index in [2.05, 4.69) is 26.5 Å². The first kappa shape index (κ1) is 23.8. The van der Waals surface area contributed by atoms with Crippen molar-refractivity contribution in [2.75, 3.05) is 13.2 Å². The Morgan fingerprint density at radius 3 is 2.58 bits per heavy atom. The molecule has 0 atom stereocenters. The van der Waals surface area contributed by atoms with Crippen molar-refractivity contribution in [1.82, 2.24) is 5.43 Å². The third kappa shape index (κ3) is 7.65. The van der Waals surface area contributed by atoms with Crippen LogP contribution in [0.25, 0.3) is 6.08 Å². The van der Waals surface area contributed by atoms with Gasteiger partial charge in [0.1, 0.15) is 11.5 Å². The van der Waals surface area contributed by atoms with Gasteiger partial charge in [0.15, 0.2) is 18.1 Å². The van der Waals surface area contributed by atoms with Crippen LogP contribution in [0.15, 0.2) is 80.9 Å². The summed E-state index contributed by atoms with van der Waals surface area (Å²) in [7, 11) is 0. The van der Waals surface area contributed by atoms with Crippen LogP contribution >= 0.6 is 15.9 Å². The molecular weight excluding hydrogens is 492 g/mol. The summed E-state index contributed by atoms with van der Waals surface area (Å²) in [5.41, 5.74) is 2.86. The lowest BCUT2D eigenvalue weighted by Crippen LogP contribution is -2.24. The number of hydrogen-bond donors (Lipinski definition) is 1. The number of nitrogens with one attached hydrogen (secondary N) is 1. The van der Waals surface area contributed by atoms with Crippen LogP contribution in [-0.2, 0) is 9.59 Å². The molecule has 3 rings (SSSR count). The van der Waals surface area contributed by atoms with E-state index >= 15 is 0 Å². The van der Waals surface area contributed by atoms with Gasteiger partial charge in [-0.2, -0.15) is 5.10 Å². The van der Waals surface area contributed by atoms with Crippen LogP contribution in [0.4, 0.5) is 0 Å². The normalized spacial score (nSPS) is 11.0. The number of carbonyl (C=O) groups excluding carboxylic acids is 2. The van der Waals surface area contributed by atoms with Gasteiger partial charge in [-0.15, -0.1) is 0 Å². The van der Waals surface area contributed by atoms with E-state index in [1.54, 1.807) is 48.5 Å². The number of hydrazone groups is 1. The molecule has 1 amide bonds.